The van der Waals surface area contributed by atoms with E-state index in [9.17, 15) is 13.2 Å². The molecule has 0 aromatic heterocycles. The van der Waals surface area contributed by atoms with E-state index in [1.165, 1.54) is 26.4 Å². The molecule has 0 heterocycles. The van der Waals surface area contributed by atoms with Crippen LogP contribution in [-0.2, 0) is 14.8 Å². The molecule has 2 N–H and O–H groups in total. The fourth-order valence-electron chi connectivity index (χ4n) is 2.00. The molecule has 0 aliphatic rings. The number of nitrogens with zero attached hydrogens (tertiary/aromatic N) is 1. The third kappa shape index (κ3) is 4.82. The van der Waals surface area contributed by atoms with Crippen molar-refractivity contribution in [2.24, 2.45) is 11.7 Å². The number of carbonyl (C=O) groups is 1. The van der Waals surface area contributed by atoms with Crippen molar-refractivity contribution in [2.45, 2.75) is 18.7 Å². The Morgan fingerprint density at radius 3 is 2.22 bits per heavy atom. The number of nitrogens with two attached hydrogens (primary N) is 1. The summed E-state index contributed by atoms with van der Waals surface area (Å²) in [5.74, 6) is -0.0182. The number of methoxy groups -OCH3 is 2. The number of halogens is 1. The van der Waals surface area contributed by atoms with Crippen molar-refractivity contribution in [3.8, 4) is 11.5 Å². The van der Waals surface area contributed by atoms with Gasteiger partial charge in [0.25, 0.3) is 0 Å². The van der Waals surface area contributed by atoms with Crippen LogP contribution in [0.2, 0.25) is 0 Å². The summed E-state index contributed by atoms with van der Waals surface area (Å²) < 4.78 is 37.4. The molecule has 0 saturated heterocycles. The van der Waals surface area contributed by atoms with Crippen LogP contribution in [0.25, 0.3) is 0 Å². The Morgan fingerprint density at radius 2 is 1.78 bits per heavy atom. The van der Waals surface area contributed by atoms with Crippen LogP contribution >= 0.6 is 15.9 Å². The van der Waals surface area contributed by atoms with E-state index in [0.717, 1.165) is 4.31 Å². The minimum Gasteiger partial charge on any atom is -0.493 e. The molecule has 1 aromatic rings. The molecule has 0 unspecified atom stereocenters. The SMILES string of the molecule is COc1cc(Br)c(S(=O)(=O)N(CC(N)=O)CC(C)C)cc1OC. The Labute approximate surface area is 144 Å². The molecule has 7 nitrogen and oxygen atoms in total. The predicted octanol–water partition coefficient (Wildman–Crippen LogP) is 1.60. The molecule has 1 amide bonds. The summed E-state index contributed by atoms with van der Waals surface area (Å²) in [4.78, 5) is 11.2. The van der Waals surface area contributed by atoms with Crippen LogP contribution in [0.1, 0.15) is 13.8 Å². The van der Waals surface area contributed by atoms with E-state index in [2.05, 4.69) is 15.9 Å². The highest BCUT2D eigenvalue weighted by Crippen LogP contribution is 2.36. The molecule has 0 spiro atoms. The molecule has 0 atom stereocenters. The summed E-state index contributed by atoms with van der Waals surface area (Å²) in [5, 5.41) is 0. The highest BCUT2D eigenvalue weighted by molar-refractivity contribution is 9.10. The molecule has 0 saturated carbocycles. The minimum atomic E-state index is -3.93. The van der Waals surface area contributed by atoms with Crippen LogP contribution < -0.4 is 15.2 Å². The summed E-state index contributed by atoms with van der Waals surface area (Å²) in [7, 11) is -1.06. The number of rotatable bonds is 8. The zero-order valence-electron chi connectivity index (χ0n) is 13.5. The third-order valence-corrected chi connectivity index (χ3v) is 5.73. The predicted molar refractivity (Wildman–Crippen MR) is 90.0 cm³/mol. The fourth-order valence-corrected chi connectivity index (χ4v) is 4.57. The molecular formula is C14H21BrN2O5S. The Kier molecular flexibility index (Phi) is 6.84. The Bertz CT molecular complexity index is 676. The third-order valence-electron chi connectivity index (χ3n) is 2.96. The highest BCUT2D eigenvalue weighted by atomic mass is 79.9. The van der Waals surface area contributed by atoms with Gasteiger partial charge in [0.15, 0.2) is 11.5 Å². The molecule has 9 heteroatoms. The number of sulfonamides is 1. The lowest BCUT2D eigenvalue weighted by Gasteiger charge is -2.23. The number of benzene rings is 1. The van der Waals surface area contributed by atoms with Gasteiger partial charge in [-0.2, -0.15) is 4.31 Å². The zero-order chi connectivity index (χ0) is 17.8. The topological polar surface area (TPSA) is 98.9 Å². The van der Waals surface area contributed by atoms with Crippen molar-refractivity contribution in [3.05, 3.63) is 16.6 Å². The molecule has 0 aliphatic carbocycles. The second-order valence-corrected chi connectivity index (χ2v) is 8.06. The smallest absolute Gasteiger partial charge is 0.244 e. The Hall–Kier alpha value is -1.32. The largest absolute Gasteiger partial charge is 0.493 e. The Balaban J connectivity index is 3.41. The van der Waals surface area contributed by atoms with Crippen molar-refractivity contribution < 1.29 is 22.7 Å². The van der Waals surface area contributed by atoms with Gasteiger partial charge in [-0.05, 0) is 27.9 Å². The lowest BCUT2D eigenvalue weighted by molar-refractivity contribution is -0.118. The van der Waals surface area contributed by atoms with E-state index >= 15 is 0 Å². The molecular weight excluding hydrogens is 388 g/mol. The fraction of sp³-hybridized carbons (Fsp3) is 0.500. The number of hydrogen-bond donors (Lipinski definition) is 1. The van der Waals surface area contributed by atoms with Crippen LogP contribution in [0, 0.1) is 5.92 Å². The normalized spacial score (nSPS) is 11.8. The van der Waals surface area contributed by atoms with Crippen LogP contribution in [0.4, 0.5) is 0 Å². The molecule has 23 heavy (non-hydrogen) atoms. The van der Waals surface area contributed by atoms with Gasteiger partial charge in [-0.25, -0.2) is 8.42 Å². The van der Waals surface area contributed by atoms with Crippen molar-refractivity contribution in [1.82, 2.24) is 4.31 Å². The second kappa shape index (κ2) is 7.98. The van der Waals surface area contributed by atoms with E-state index in [1.54, 1.807) is 0 Å². The minimum absolute atomic E-state index is 0.0166. The van der Waals surface area contributed by atoms with E-state index in [0.29, 0.717) is 10.2 Å². The first-order valence-corrected chi connectivity index (χ1v) is 9.06. The summed E-state index contributed by atoms with van der Waals surface area (Å²) in [6, 6.07) is 2.86. The molecule has 1 rings (SSSR count). The molecule has 1 aromatic carbocycles. The summed E-state index contributed by atoms with van der Waals surface area (Å²) in [6.45, 7) is 3.49. The molecule has 0 fully saturated rings. The number of ether oxygens (including phenoxy) is 2. The number of carbonyl (C=O) groups excluding carboxylic acids is 1. The van der Waals surface area contributed by atoms with Crippen LogP contribution in [0.5, 0.6) is 11.5 Å². The van der Waals surface area contributed by atoms with Gasteiger partial charge in [0, 0.05) is 17.1 Å². The van der Waals surface area contributed by atoms with Gasteiger partial charge in [0.1, 0.15) is 4.90 Å². The average Bonchev–Trinajstić information content (AvgIpc) is 2.44. The van der Waals surface area contributed by atoms with Crippen molar-refractivity contribution in [3.63, 3.8) is 0 Å². The lowest BCUT2D eigenvalue weighted by atomic mass is 10.2. The van der Waals surface area contributed by atoms with E-state index in [1.807, 2.05) is 13.8 Å². The molecule has 0 aliphatic heterocycles. The number of hydrogen-bond acceptors (Lipinski definition) is 5. The molecule has 0 radical (unpaired) electrons. The van der Waals surface area contributed by atoms with Gasteiger partial charge in [-0.1, -0.05) is 13.8 Å². The monoisotopic (exact) mass is 408 g/mol. The second-order valence-electron chi connectivity index (χ2n) is 5.30. The van der Waals surface area contributed by atoms with Gasteiger partial charge in [0.2, 0.25) is 15.9 Å². The van der Waals surface area contributed by atoms with Gasteiger partial charge in [-0.15, -0.1) is 0 Å². The summed E-state index contributed by atoms with van der Waals surface area (Å²) in [5.41, 5.74) is 5.18. The van der Waals surface area contributed by atoms with Gasteiger partial charge in [0.05, 0.1) is 20.8 Å². The van der Waals surface area contributed by atoms with Crippen molar-refractivity contribution in [1.29, 1.82) is 0 Å². The van der Waals surface area contributed by atoms with Crippen molar-refractivity contribution in [2.75, 3.05) is 27.3 Å². The summed E-state index contributed by atoms with van der Waals surface area (Å²) in [6.07, 6.45) is 0. The van der Waals surface area contributed by atoms with Crippen LogP contribution in [0.3, 0.4) is 0 Å². The van der Waals surface area contributed by atoms with E-state index in [-0.39, 0.29) is 29.7 Å². The Morgan fingerprint density at radius 1 is 1.26 bits per heavy atom. The first-order chi connectivity index (χ1) is 10.6. The van der Waals surface area contributed by atoms with Crippen molar-refractivity contribution >= 4 is 31.9 Å². The average molecular weight is 409 g/mol. The van der Waals surface area contributed by atoms with Crippen LogP contribution in [-0.4, -0.2) is 45.9 Å². The first-order valence-electron chi connectivity index (χ1n) is 6.83. The first kappa shape index (κ1) is 19.7. The standard InChI is InChI=1S/C14H21BrN2O5S/c1-9(2)7-17(8-14(16)18)23(19,20)13-6-12(22-4)11(21-3)5-10(13)15/h5-6,9H,7-8H2,1-4H3,(H2,16,18). The number of amides is 1. The maximum atomic E-state index is 12.9. The quantitative estimate of drug-likeness (QED) is 0.703. The highest BCUT2D eigenvalue weighted by Gasteiger charge is 2.30. The van der Waals surface area contributed by atoms with E-state index < -0.39 is 15.9 Å². The van der Waals surface area contributed by atoms with Gasteiger partial charge in [-0.3, -0.25) is 4.79 Å². The zero-order valence-corrected chi connectivity index (χ0v) is 15.9. The van der Waals surface area contributed by atoms with Gasteiger partial charge >= 0.3 is 0 Å². The summed E-state index contributed by atoms with van der Waals surface area (Å²) >= 11 is 3.23. The van der Waals surface area contributed by atoms with E-state index in [4.69, 9.17) is 15.2 Å². The molecule has 130 valence electrons. The maximum Gasteiger partial charge on any atom is 0.244 e. The lowest BCUT2D eigenvalue weighted by Crippen LogP contribution is -2.40. The van der Waals surface area contributed by atoms with Crippen LogP contribution in [0.15, 0.2) is 21.5 Å². The molecule has 0 bridgehead atoms. The van der Waals surface area contributed by atoms with Gasteiger partial charge < -0.3 is 15.2 Å². The maximum absolute atomic E-state index is 12.9. The number of primary amides is 1.